The maximum absolute atomic E-state index is 11.6. The molecule has 1 heterocycles. The summed E-state index contributed by atoms with van der Waals surface area (Å²) in [6.07, 6.45) is 0. The van der Waals surface area contributed by atoms with Gasteiger partial charge in [0, 0.05) is 7.05 Å². The summed E-state index contributed by atoms with van der Waals surface area (Å²) in [5, 5.41) is 0.804. The average molecular weight is 335 g/mol. The number of aromatic nitrogens is 1. The van der Waals surface area contributed by atoms with Crippen LogP contribution in [0.2, 0.25) is 0 Å². The van der Waals surface area contributed by atoms with Crippen molar-refractivity contribution in [3.05, 3.63) is 29.3 Å². The van der Waals surface area contributed by atoms with Crippen molar-refractivity contribution >= 4 is 47.5 Å². The summed E-state index contributed by atoms with van der Waals surface area (Å²) in [5.41, 5.74) is 0.914. The largest absolute Gasteiger partial charge is 0.240 e. The molecule has 0 N–H and O–H groups in total. The normalized spacial score (nSPS) is 12.4. The zero-order valence-corrected chi connectivity index (χ0v) is 12.3. The van der Waals surface area contributed by atoms with Gasteiger partial charge in [-0.1, -0.05) is 28.1 Å². The van der Waals surface area contributed by atoms with E-state index in [0.29, 0.717) is 6.54 Å². The molecule has 0 aliphatic heterocycles. The van der Waals surface area contributed by atoms with E-state index in [0.717, 1.165) is 15.2 Å². The second-order valence-corrected chi connectivity index (χ2v) is 8.05. The highest BCUT2D eigenvalue weighted by molar-refractivity contribution is 9.10. The molecule has 0 atom stereocenters. The molecule has 0 aliphatic carbocycles. The summed E-state index contributed by atoms with van der Waals surface area (Å²) >= 11 is 4.49. The standard InChI is InChI=1S/C10H11BrN2O2S2/c1-13(17(14,15)7-11)6-10-12-8-4-2-3-5-9(8)16-10/h2-5H,6-7H2,1H3. The number of halogens is 1. The predicted molar refractivity (Wildman–Crippen MR) is 73.8 cm³/mol. The molecule has 0 saturated carbocycles. The maximum Gasteiger partial charge on any atom is 0.224 e. The number of hydrogen-bond acceptors (Lipinski definition) is 4. The van der Waals surface area contributed by atoms with Gasteiger partial charge in [0.05, 0.1) is 16.8 Å². The van der Waals surface area contributed by atoms with Crippen LogP contribution in [0.1, 0.15) is 5.01 Å². The molecule has 0 aliphatic rings. The summed E-state index contributed by atoms with van der Waals surface area (Å²) in [5.74, 6) is 0. The second kappa shape index (κ2) is 5.01. The van der Waals surface area contributed by atoms with Gasteiger partial charge < -0.3 is 0 Å². The Morgan fingerprint density at radius 3 is 2.76 bits per heavy atom. The number of alkyl halides is 1. The van der Waals surface area contributed by atoms with Gasteiger partial charge >= 0.3 is 0 Å². The van der Waals surface area contributed by atoms with Crippen LogP contribution in [0.3, 0.4) is 0 Å². The fraction of sp³-hybridized carbons (Fsp3) is 0.300. The van der Waals surface area contributed by atoms with E-state index in [2.05, 4.69) is 20.9 Å². The third-order valence-corrected chi connectivity index (χ3v) is 6.42. The number of para-hydroxylation sites is 1. The number of hydrogen-bond donors (Lipinski definition) is 0. The first kappa shape index (κ1) is 12.9. The zero-order chi connectivity index (χ0) is 12.5. The Bertz CT molecular complexity index is 591. The highest BCUT2D eigenvalue weighted by atomic mass is 79.9. The van der Waals surface area contributed by atoms with E-state index < -0.39 is 10.0 Å². The molecule has 2 aromatic rings. The molecule has 0 amide bonds. The molecule has 0 fully saturated rings. The highest BCUT2D eigenvalue weighted by Crippen LogP contribution is 2.23. The summed E-state index contributed by atoms with van der Waals surface area (Å²) < 4.78 is 25.5. The van der Waals surface area contributed by atoms with Crippen LogP contribution in [0.25, 0.3) is 10.2 Å². The Hall–Kier alpha value is -0.500. The fourth-order valence-electron chi connectivity index (χ4n) is 1.36. The van der Waals surface area contributed by atoms with Crippen LogP contribution < -0.4 is 0 Å². The molecule has 92 valence electrons. The SMILES string of the molecule is CN(Cc1nc2ccccc2s1)S(=O)(=O)CBr. The minimum atomic E-state index is -3.22. The van der Waals surface area contributed by atoms with E-state index in [-0.39, 0.29) is 4.66 Å². The number of nitrogens with zero attached hydrogens (tertiary/aromatic N) is 2. The smallest absolute Gasteiger partial charge is 0.224 e. The lowest BCUT2D eigenvalue weighted by atomic mass is 10.3. The molecule has 7 heteroatoms. The number of sulfonamides is 1. The molecule has 0 saturated heterocycles. The number of fused-ring (bicyclic) bond motifs is 1. The molecule has 0 unspecified atom stereocenters. The predicted octanol–water partition coefficient (Wildman–Crippen LogP) is 2.41. The van der Waals surface area contributed by atoms with Gasteiger partial charge in [-0.2, -0.15) is 4.31 Å². The van der Waals surface area contributed by atoms with E-state index in [1.165, 1.54) is 15.6 Å². The van der Waals surface area contributed by atoms with Gasteiger partial charge in [-0.3, -0.25) is 0 Å². The van der Waals surface area contributed by atoms with Gasteiger partial charge in [0.15, 0.2) is 0 Å². The van der Waals surface area contributed by atoms with Crippen molar-refractivity contribution in [1.29, 1.82) is 0 Å². The molecule has 4 nitrogen and oxygen atoms in total. The van der Waals surface area contributed by atoms with Crippen LogP contribution in [-0.4, -0.2) is 29.4 Å². The monoisotopic (exact) mass is 334 g/mol. The summed E-state index contributed by atoms with van der Waals surface area (Å²) in [6.45, 7) is 0.313. The van der Waals surface area contributed by atoms with Crippen LogP contribution in [-0.2, 0) is 16.6 Å². The lowest BCUT2D eigenvalue weighted by Crippen LogP contribution is -2.26. The van der Waals surface area contributed by atoms with Gasteiger partial charge in [-0.05, 0) is 12.1 Å². The van der Waals surface area contributed by atoms with Gasteiger partial charge in [0.25, 0.3) is 0 Å². The van der Waals surface area contributed by atoms with E-state index in [4.69, 9.17) is 0 Å². The topological polar surface area (TPSA) is 50.3 Å². The van der Waals surface area contributed by atoms with Crippen molar-refractivity contribution in [1.82, 2.24) is 9.29 Å². The van der Waals surface area contributed by atoms with Gasteiger partial charge in [-0.25, -0.2) is 13.4 Å². The molecule has 2 rings (SSSR count). The number of rotatable bonds is 4. The molecule has 0 spiro atoms. The maximum atomic E-state index is 11.6. The van der Waals surface area contributed by atoms with Gasteiger partial charge in [0.2, 0.25) is 10.0 Å². The van der Waals surface area contributed by atoms with Gasteiger partial charge in [0.1, 0.15) is 9.67 Å². The number of thiazole rings is 1. The van der Waals surface area contributed by atoms with Crippen LogP contribution in [0.5, 0.6) is 0 Å². The van der Waals surface area contributed by atoms with Crippen molar-refractivity contribution in [3.8, 4) is 0 Å². The van der Waals surface area contributed by atoms with E-state index >= 15 is 0 Å². The van der Waals surface area contributed by atoms with E-state index in [1.54, 1.807) is 7.05 Å². The second-order valence-electron chi connectivity index (χ2n) is 3.55. The summed E-state index contributed by atoms with van der Waals surface area (Å²) in [6, 6.07) is 7.78. The van der Waals surface area contributed by atoms with E-state index in [9.17, 15) is 8.42 Å². The van der Waals surface area contributed by atoms with Crippen molar-refractivity contribution in [2.24, 2.45) is 0 Å². The van der Waals surface area contributed by atoms with Crippen LogP contribution >= 0.6 is 27.3 Å². The summed E-state index contributed by atoms with van der Waals surface area (Å²) in [7, 11) is -1.66. The highest BCUT2D eigenvalue weighted by Gasteiger charge is 2.17. The summed E-state index contributed by atoms with van der Waals surface area (Å²) in [4.78, 5) is 4.40. The molecule has 0 bridgehead atoms. The third-order valence-electron chi connectivity index (χ3n) is 2.31. The molecule has 1 aromatic heterocycles. The van der Waals surface area contributed by atoms with E-state index in [1.807, 2.05) is 24.3 Å². The molecule has 17 heavy (non-hydrogen) atoms. The minimum absolute atomic E-state index is 0.0681. The molecular formula is C10H11BrN2O2S2. The van der Waals surface area contributed by atoms with Crippen LogP contribution in [0, 0.1) is 0 Å². The fourth-order valence-corrected chi connectivity index (χ4v) is 4.00. The first-order valence-electron chi connectivity index (χ1n) is 4.87. The Labute approximate surface area is 112 Å². The first-order valence-corrected chi connectivity index (χ1v) is 8.42. The average Bonchev–Trinajstić information content (AvgIpc) is 2.70. The van der Waals surface area contributed by atoms with Crippen LogP contribution in [0.15, 0.2) is 24.3 Å². The lowest BCUT2D eigenvalue weighted by molar-refractivity contribution is 0.471. The Kier molecular flexibility index (Phi) is 3.82. The van der Waals surface area contributed by atoms with Crippen molar-refractivity contribution in [3.63, 3.8) is 0 Å². The van der Waals surface area contributed by atoms with Crippen LogP contribution in [0.4, 0.5) is 0 Å². The molecule has 1 aromatic carbocycles. The Morgan fingerprint density at radius 1 is 1.41 bits per heavy atom. The quantitative estimate of drug-likeness (QED) is 0.807. The first-order chi connectivity index (χ1) is 8.03. The zero-order valence-electron chi connectivity index (χ0n) is 9.13. The molecular weight excluding hydrogens is 324 g/mol. The Morgan fingerprint density at radius 2 is 2.12 bits per heavy atom. The van der Waals surface area contributed by atoms with Gasteiger partial charge in [-0.15, -0.1) is 11.3 Å². The molecule has 0 radical (unpaired) electrons. The van der Waals surface area contributed by atoms with Crippen molar-refractivity contribution in [2.45, 2.75) is 6.54 Å². The Balaban J connectivity index is 2.24. The van der Waals surface area contributed by atoms with Crippen molar-refractivity contribution in [2.75, 3.05) is 11.7 Å². The van der Waals surface area contributed by atoms with Crippen molar-refractivity contribution < 1.29 is 8.42 Å². The minimum Gasteiger partial charge on any atom is -0.240 e. The number of benzene rings is 1. The lowest BCUT2D eigenvalue weighted by Gasteiger charge is -2.13. The third kappa shape index (κ3) is 2.85.